The molecule has 0 atom stereocenters. The van der Waals surface area contributed by atoms with Gasteiger partial charge in [0.15, 0.2) is 0 Å². The van der Waals surface area contributed by atoms with Gasteiger partial charge in [-0.25, -0.2) is 8.78 Å². The molecule has 0 saturated heterocycles. The first kappa shape index (κ1) is 15.4. The zero-order valence-electron chi connectivity index (χ0n) is 11.2. The second-order valence-corrected chi connectivity index (χ2v) is 5.06. The maximum absolute atomic E-state index is 14.0. The lowest BCUT2D eigenvalue weighted by Crippen LogP contribution is -2.09. The summed E-state index contributed by atoms with van der Waals surface area (Å²) in [5, 5.41) is 0. The van der Waals surface area contributed by atoms with Gasteiger partial charge in [-0.3, -0.25) is 4.79 Å². The van der Waals surface area contributed by atoms with Gasteiger partial charge >= 0.3 is 0 Å². The molecule has 0 spiro atoms. The van der Waals surface area contributed by atoms with Crippen molar-refractivity contribution < 1.29 is 23.0 Å². The number of methoxy groups -OCH3 is 2. The van der Waals surface area contributed by atoms with Crippen LogP contribution in [0.15, 0.2) is 34.8 Å². The molecule has 110 valence electrons. The van der Waals surface area contributed by atoms with Gasteiger partial charge in [-0.2, -0.15) is 0 Å². The fourth-order valence-electron chi connectivity index (χ4n) is 1.87. The molecule has 3 nitrogen and oxygen atoms in total. The second-order valence-electron chi connectivity index (χ2n) is 4.14. The van der Waals surface area contributed by atoms with Crippen molar-refractivity contribution in [1.82, 2.24) is 0 Å². The number of ether oxygens (including phenoxy) is 2. The molecule has 0 amide bonds. The molecular weight excluding hydrogens is 346 g/mol. The molecule has 21 heavy (non-hydrogen) atoms. The largest absolute Gasteiger partial charge is 0.497 e. The number of ketones is 1. The van der Waals surface area contributed by atoms with Crippen molar-refractivity contribution in [2.75, 3.05) is 14.2 Å². The van der Waals surface area contributed by atoms with Crippen molar-refractivity contribution in [3.63, 3.8) is 0 Å². The number of rotatable bonds is 4. The molecule has 6 heteroatoms. The first-order chi connectivity index (χ1) is 9.97. The predicted molar refractivity (Wildman–Crippen MR) is 77.0 cm³/mol. The van der Waals surface area contributed by atoms with E-state index >= 15 is 0 Å². The molecule has 0 aliphatic rings. The van der Waals surface area contributed by atoms with E-state index in [0.29, 0.717) is 4.47 Å². The fraction of sp³-hybridized carbons (Fsp3) is 0.133. The van der Waals surface area contributed by atoms with Gasteiger partial charge in [0.05, 0.1) is 25.3 Å². The molecule has 0 saturated carbocycles. The van der Waals surface area contributed by atoms with Crippen molar-refractivity contribution in [3.8, 4) is 11.5 Å². The Balaban J connectivity index is 2.55. The molecule has 0 heterocycles. The molecule has 0 aliphatic carbocycles. The van der Waals surface area contributed by atoms with Gasteiger partial charge in [-0.15, -0.1) is 0 Å². The molecule has 0 aromatic heterocycles. The number of hydrogen-bond donors (Lipinski definition) is 0. The summed E-state index contributed by atoms with van der Waals surface area (Å²) in [6.07, 6.45) is 0. The average molecular weight is 357 g/mol. The molecule has 0 radical (unpaired) electrons. The van der Waals surface area contributed by atoms with Crippen molar-refractivity contribution in [2.24, 2.45) is 0 Å². The molecule has 0 N–H and O–H groups in total. The van der Waals surface area contributed by atoms with Gasteiger partial charge in [0.25, 0.3) is 0 Å². The van der Waals surface area contributed by atoms with Gasteiger partial charge in [0.2, 0.25) is 5.78 Å². The summed E-state index contributed by atoms with van der Waals surface area (Å²) < 4.78 is 38.4. The second kappa shape index (κ2) is 6.22. The van der Waals surface area contributed by atoms with Crippen LogP contribution in [0.2, 0.25) is 0 Å². The van der Waals surface area contributed by atoms with Crippen LogP contribution >= 0.6 is 15.9 Å². The molecule has 0 bridgehead atoms. The molecule has 2 rings (SSSR count). The van der Waals surface area contributed by atoms with Crippen molar-refractivity contribution >= 4 is 21.7 Å². The van der Waals surface area contributed by atoms with E-state index in [1.807, 2.05) is 0 Å². The Hall–Kier alpha value is -1.95. The maximum atomic E-state index is 14.0. The highest BCUT2D eigenvalue weighted by Gasteiger charge is 2.23. The molecule has 0 fully saturated rings. The van der Waals surface area contributed by atoms with E-state index in [1.54, 1.807) is 12.1 Å². The number of carbonyl (C=O) groups is 1. The minimum Gasteiger partial charge on any atom is -0.497 e. The molecule has 2 aromatic rings. The number of carbonyl (C=O) groups excluding carboxylic acids is 1. The molecule has 2 aromatic carbocycles. The third-order valence-electron chi connectivity index (χ3n) is 2.89. The van der Waals surface area contributed by atoms with Crippen LogP contribution in [0.1, 0.15) is 15.9 Å². The Labute approximate surface area is 128 Å². The van der Waals surface area contributed by atoms with E-state index < -0.39 is 23.0 Å². The van der Waals surface area contributed by atoms with Crippen LogP contribution in [0, 0.1) is 11.6 Å². The molecule has 0 aliphatic heterocycles. The van der Waals surface area contributed by atoms with Gasteiger partial charge in [-0.05, 0) is 18.2 Å². The van der Waals surface area contributed by atoms with Crippen molar-refractivity contribution in [3.05, 3.63) is 57.6 Å². The topological polar surface area (TPSA) is 35.5 Å². The van der Waals surface area contributed by atoms with E-state index in [4.69, 9.17) is 9.47 Å². The van der Waals surface area contributed by atoms with Crippen LogP contribution in [0.5, 0.6) is 11.5 Å². The van der Waals surface area contributed by atoms with Crippen LogP contribution in [0.4, 0.5) is 8.78 Å². The van der Waals surface area contributed by atoms with Gasteiger partial charge in [0, 0.05) is 16.6 Å². The van der Waals surface area contributed by atoms with Gasteiger partial charge in [0.1, 0.15) is 23.1 Å². The third-order valence-corrected chi connectivity index (χ3v) is 3.38. The molecular formula is C15H11BrF2O3. The quantitative estimate of drug-likeness (QED) is 0.777. The normalized spacial score (nSPS) is 10.3. The first-order valence-corrected chi connectivity index (χ1v) is 6.68. The number of hydrogen-bond acceptors (Lipinski definition) is 3. The fourth-order valence-corrected chi connectivity index (χ4v) is 2.21. The van der Waals surface area contributed by atoms with Crippen LogP contribution < -0.4 is 9.47 Å². The predicted octanol–water partition coefficient (Wildman–Crippen LogP) is 3.98. The number of benzene rings is 2. The average Bonchev–Trinajstić information content (AvgIpc) is 2.45. The minimum atomic E-state index is -0.984. The number of halogens is 3. The van der Waals surface area contributed by atoms with E-state index in [2.05, 4.69) is 15.9 Å². The Morgan fingerprint density at radius 1 is 1.05 bits per heavy atom. The standard InChI is InChI=1S/C15H11BrF2O3/c1-20-9-6-11(17)14(12(18)7-9)15(19)10-4-3-8(16)5-13(10)21-2/h3-7H,1-2H3. The highest BCUT2D eigenvalue weighted by Crippen LogP contribution is 2.29. The highest BCUT2D eigenvalue weighted by atomic mass is 79.9. The minimum absolute atomic E-state index is 0.00400. The van der Waals surface area contributed by atoms with Crippen LogP contribution in [-0.4, -0.2) is 20.0 Å². The van der Waals surface area contributed by atoms with Crippen molar-refractivity contribution in [2.45, 2.75) is 0 Å². The first-order valence-electron chi connectivity index (χ1n) is 5.89. The van der Waals surface area contributed by atoms with E-state index in [0.717, 1.165) is 12.1 Å². The summed E-state index contributed by atoms with van der Waals surface area (Å²) in [5.41, 5.74) is -0.569. The van der Waals surface area contributed by atoms with Gasteiger partial charge in [-0.1, -0.05) is 15.9 Å². The summed E-state index contributed by atoms with van der Waals surface area (Å²) in [7, 11) is 2.66. The smallest absolute Gasteiger partial charge is 0.202 e. The lowest BCUT2D eigenvalue weighted by atomic mass is 10.0. The van der Waals surface area contributed by atoms with Crippen molar-refractivity contribution in [1.29, 1.82) is 0 Å². The lowest BCUT2D eigenvalue weighted by Gasteiger charge is -2.10. The Bertz CT molecular complexity index is 678. The maximum Gasteiger partial charge on any atom is 0.202 e. The van der Waals surface area contributed by atoms with Crippen LogP contribution in [-0.2, 0) is 0 Å². The monoisotopic (exact) mass is 356 g/mol. The summed E-state index contributed by atoms with van der Waals surface area (Å²) in [6.45, 7) is 0. The molecule has 0 unspecified atom stereocenters. The summed E-state index contributed by atoms with van der Waals surface area (Å²) in [4.78, 5) is 12.4. The van der Waals surface area contributed by atoms with Crippen LogP contribution in [0.3, 0.4) is 0 Å². The summed E-state index contributed by atoms with van der Waals surface area (Å²) in [6, 6.07) is 6.50. The third kappa shape index (κ3) is 3.05. The summed E-state index contributed by atoms with van der Waals surface area (Å²) >= 11 is 3.23. The Morgan fingerprint density at radius 2 is 1.67 bits per heavy atom. The van der Waals surface area contributed by atoms with Gasteiger partial charge < -0.3 is 9.47 Å². The highest BCUT2D eigenvalue weighted by molar-refractivity contribution is 9.10. The Morgan fingerprint density at radius 3 is 2.19 bits per heavy atom. The SMILES string of the molecule is COc1cc(F)c(C(=O)c2ccc(Br)cc2OC)c(F)c1. The lowest BCUT2D eigenvalue weighted by molar-refractivity contribution is 0.102. The Kier molecular flexibility index (Phi) is 4.57. The van der Waals surface area contributed by atoms with E-state index in [9.17, 15) is 13.6 Å². The van der Waals surface area contributed by atoms with E-state index in [1.165, 1.54) is 20.3 Å². The van der Waals surface area contributed by atoms with Crippen LogP contribution in [0.25, 0.3) is 0 Å². The summed E-state index contributed by atoms with van der Waals surface area (Å²) in [5.74, 6) is -2.53. The van der Waals surface area contributed by atoms with E-state index in [-0.39, 0.29) is 17.1 Å². The zero-order chi connectivity index (χ0) is 15.6. The zero-order valence-corrected chi connectivity index (χ0v) is 12.8.